The van der Waals surface area contributed by atoms with Crippen LogP contribution in [0.3, 0.4) is 0 Å². The molecule has 1 N–H and O–H groups in total. The van der Waals surface area contributed by atoms with Crippen LogP contribution in [0.5, 0.6) is 5.75 Å². The van der Waals surface area contributed by atoms with Gasteiger partial charge in [-0.3, -0.25) is 9.59 Å². The Balaban J connectivity index is 2.08. The van der Waals surface area contributed by atoms with Crippen LogP contribution < -0.4 is 10.1 Å². The van der Waals surface area contributed by atoms with Crippen molar-refractivity contribution >= 4 is 34.9 Å². The van der Waals surface area contributed by atoms with Crippen LogP contribution in [0.2, 0.25) is 5.02 Å². The molecule has 0 unspecified atom stereocenters. The molecule has 130 valence electrons. The molecule has 0 heterocycles. The van der Waals surface area contributed by atoms with Gasteiger partial charge in [-0.1, -0.05) is 23.7 Å². The Kier molecular flexibility index (Phi) is 6.14. The number of para-hydroxylation sites is 1. The maximum atomic E-state index is 12.1. The smallest absolute Gasteiger partial charge is 0.339 e. The molecule has 0 saturated carbocycles. The molecule has 0 aromatic heterocycles. The predicted molar refractivity (Wildman–Crippen MR) is 93.4 cm³/mol. The summed E-state index contributed by atoms with van der Waals surface area (Å²) in [7, 11) is 1.26. The standard InChI is InChI=1S/C18H16ClNO5/c1-11(21)14-9-12(19)7-8-16(14)25-10-17(22)20-15-6-4-3-5-13(15)18(23)24-2/h3-9H,10H2,1-2H3,(H,20,22). The zero-order chi connectivity index (χ0) is 18.4. The average Bonchev–Trinajstić information content (AvgIpc) is 2.60. The number of esters is 1. The van der Waals surface area contributed by atoms with Gasteiger partial charge in [0, 0.05) is 5.02 Å². The maximum Gasteiger partial charge on any atom is 0.339 e. The van der Waals surface area contributed by atoms with Gasteiger partial charge >= 0.3 is 5.97 Å². The third-order valence-electron chi connectivity index (χ3n) is 3.29. The van der Waals surface area contributed by atoms with Crippen LogP contribution in [0.25, 0.3) is 0 Å². The lowest BCUT2D eigenvalue weighted by Gasteiger charge is -2.12. The van der Waals surface area contributed by atoms with E-state index in [9.17, 15) is 14.4 Å². The van der Waals surface area contributed by atoms with E-state index in [0.29, 0.717) is 10.7 Å². The molecule has 0 atom stereocenters. The lowest BCUT2D eigenvalue weighted by Crippen LogP contribution is -2.22. The predicted octanol–water partition coefficient (Wildman–Crippen LogP) is 3.35. The van der Waals surface area contributed by atoms with Gasteiger partial charge in [-0.2, -0.15) is 0 Å². The molecule has 0 aliphatic rings. The minimum atomic E-state index is -0.562. The van der Waals surface area contributed by atoms with Crippen molar-refractivity contribution in [1.29, 1.82) is 0 Å². The lowest BCUT2D eigenvalue weighted by atomic mass is 10.1. The first-order chi connectivity index (χ1) is 11.9. The van der Waals surface area contributed by atoms with Crippen molar-refractivity contribution in [2.45, 2.75) is 6.92 Å². The van der Waals surface area contributed by atoms with Gasteiger partial charge in [0.2, 0.25) is 0 Å². The molecule has 25 heavy (non-hydrogen) atoms. The molecule has 0 bridgehead atoms. The zero-order valence-corrected chi connectivity index (χ0v) is 14.4. The lowest BCUT2D eigenvalue weighted by molar-refractivity contribution is -0.118. The van der Waals surface area contributed by atoms with Crippen LogP contribution in [0.1, 0.15) is 27.6 Å². The van der Waals surface area contributed by atoms with E-state index in [2.05, 4.69) is 10.1 Å². The summed E-state index contributed by atoms with van der Waals surface area (Å²) < 4.78 is 10.1. The molecule has 0 spiro atoms. The van der Waals surface area contributed by atoms with E-state index in [1.54, 1.807) is 24.3 Å². The normalized spacial score (nSPS) is 10.0. The summed E-state index contributed by atoms with van der Waals surface area (Å²) in [6, 6.07) is 11.0. The van der Waals surface area contributed by atoms with Crippen molar-refractivity contribution in [1.82, 2.24) is 0 Å². The number of anilines is 1. The number of methoxy groups -OCH3 is 1. The highest BCUT2D eigenvalue weighted by atomic mass is 35.5. The minimum Gasteiger partial charge on any atom is -0.483 e. The first-order valence-electron chi connectivity index (χ1n) is 7.33. The number of benzene rings is 2. The number of Topliss-reactive ketones (excluding diaryl/α,β-unsaturated/α-hetero) is 1. The van der Waals surface area contributed by atoms with Crippen molar-refractivity contribution in [2.24, 2.45) is 0 Å². The topological polar surface area (TPSA) is 81.7 Å². The van der Waals surface area contributed by atoms with Crippen LogP contribution >= 0.6 is 11.6 Å². The van der Waals surface area contributed by atoms with Crippen molar-refractivity contribution in [3.05, 3.63) is 58.6 Å². The van der Waals surface area contributed by atoms with Gasteiger partial charge in [0.1, 0.15) is 5.75 Å². The largest absolute Gasteiger partial charge is 0.483 e. The van der Waals surface area contributed by atoms with Gasteiger partial charge in [0.25, 0.3) is 5.91 Å². The number of ether oxygens (including phenoxy) is 2. The van der Waals surface area contributed by atoms with Gasteiger partial charge in [-0.15, -0.1) is 0 Å². The second-order valence-electron chi connectivity index (χ2n) is 5.07. The van der Waals surface area contributed by atoms with Crippen molar-refractivity contribution in [2.75, 3.05) is 19.0 Å². The molecule has 0 radical (unpaired) electrons. The first kappa shape index (κ1) is 18.5. The van der Waals surface area contributed by atoms with Crippen molar-refractivity contribution < 1.29 is 23.9 Å². The van der Waals surface area contributed by atoms with Crippen LogP contribution in [0, 0.1) is 0 Å². The Morgan fingerprint density at radius 3 is 2.48 bits per heavy atom. The number of hydrogen-bond acceptors (Lipinski definition) is 5. The van der Waals surface area contributed by atoms with E-state index in [1.165, 1.54) is 32.2 Å². The minimum absolute atomic E-state index is 0.228. The SMILES string of the molecule is COC(=O)c1ccccc1NC(=O)COc1ccc(Cl)cc1C(C)=O. The molecule has 1 amide bonds. The molecule has 0 aliphatic carbocycles. The Bertz CT molecular complexity index is 819. The molecule has 2 rings (SSSR count). The molecule has 0 aliphatic heterocycles. The zero-order valence-electron chi connectivity index (χ0n) is 13.7. The highest BCUT2D eigenvalue weighted by Crippen LogP contribution is 2.23. The fourth-order valence-corrected chi connectivity index (χ4v) is 2.28. The fourth-order valence-electron chi connectivity index (χ4n) is 2.11. The van der Waals surface area contributed by atoms with Crippen LogP contribution in [0.15, 0.2) is 42.5 Å². The van der Waals surface area contributed by atoms with E-state index >= 15 is 0 Å². The molecule has 2 aromatic rings. The molecular formula is C18H16ClNO5. The summed E-state index contributed by atoms with van der Waals surface area (Å²) in [5.41, 5.74) is 0.829. The molecule has 7 heteroatoms. The molecule has 0 saturated heterocycles. The van der Waals surface area contributed by atoms with Crippen LogP contribution in [0.4, 0.5) is 5.69 Å². The van der Waals surface area contributed by atoms with E-state index in [-0.39, 0.29) is 29.3 Å². The third kappa shape index (κ3) is 4.81. The van der Waals surface area contributed by atoms with Gasteiger partial charge in [-0.25, -0.2) is 4.79 Å². The summed E-state index contributed by atoms with van der Waals surface area (Å²) in [5, 5.41) is 2.98. The molecule has 6 nitrogen and oxygen atoms in total. The summed E-state index contributed by atoms with van der Waals surface area (Å²) in [6.45, 7) is 1.04. The number of ketones is 1. The van der Waals surface area contributed by atoms with E-state index in [1.807, 2.05) is 0 Å². The summed E-state index contributed by atoms with van der Waals surface area (Å²) in [4.78, 5) is 35.4. The number of carbonyl (C=O) groups is 3. The molecular weight excluding hydrogens is 346 g/mol. The monoisotopic (exact) mass is 361 g/mol. The molecule has 0 fully saturated rings. The van der Waals surface area contributed by atoms with E-state index < -0.39 is 11.9 Å². The second-order valence-corrected chi connectivity index (χ2v) is 5.51. The van der Waals surface area contributed by atoms with Crippen LogP contribution in [-0.4, -0.2) is 31.4 Å². The van der Waals surface area contributed by atoms with Gasteiger partial charge in [0.15, 0.2) is 12.4 Å². The third-order valence-corrected chi connectivity index (χ3v) is 3.52. The number of amides is 1. The summed E-state index contributed by atoms with van der Waals surface area (Å²) >= 11 is 5.86. The summed E-state index contributed by atoms with van der Waals surface area (Å²) in [5.74, 6) is -1.02. The summed E-state index contributed by atoms with van der Waals surface area (Å²) in [6.07, 6.45) is 0. The Labute approximate surface area is 149 Å². The van der Waals surface area contributed by atoms with E-state index in [4.69, 9.17) is 16.3 Å². The number of rotatable bonds is 6. The number of hydrogen-bond donors (Lipinski definition) is 1. The number of halogens is 1. The Morgan fingerprint density at radius 1 is 1.08 bits per heavy atom. The average molecular weight is 362 g/mol. The molecule has 2 aromatic carbocycles. The quantitative estimate of drug-likeness (QED) is 0.630. The maximum absolute atomic E-state index is 12.1. The van der Waals surface area contributed by atoms with Crippen molar-refractivity contribution in [3.8, 4) is 5.75 Å². The fraction of sp³-hybridized carbons (Fsp3) is 0.167. The van der Waals surface area contributed by atoms with Crippen LogP contribution in [-0.2, 0) is 9.53 Å². The van der Waals surface area contributed by atoms with Gasteiger partial charge < -0.3 is 14.8 Å². The first-order valence-corrected chi connectivity index (χ1v) is 7.70. The highest BCUT2D eigenvalue weighted by molar-refractivity contribution is 6.31. The van der Waals surface area contributed by atoms with E-state index in [0.717, 1.165) is 0 Å². The second kappa shape index (κ2) is 8.30. The number of nitrogens with one attached hydrogen (secondary N) is 1. The van der Waals surface area contributed by atoms with Gasteiger partial charge in [0.05, 0.1) is 23.9 Å². The van der Waals surface area contributed by atoms with Gasteiger partial charge in [-0.05, 0) is 37.3 Å². The Hall–Kier alpha value is -2.86. The number of carbonyl (C=O) groups excluding carboxylic acids is 3. The van der Waals surface area contributed by atoms with Crippen molar-refractivity contribution in [3.63, 3.8) is 0 Å². The Morgan fingerprint density at radius 2 is 1.80 bits per heavy atom. The highest BCUT2D eigenvalue weighted by Gasteiger charge is 2.15.